The van der Waals surface area contributed by atoms with Gasteiger partial charge in [-0.15, -0.1) is 11.3 Å². The van der Waals surface area contributed by atoms with Gasteiger partial charge in [0.05, 0.1) is 17.1 Å². The number of rotatable bonds is 6. The summed E-state index contributed by atoms with van der Waals surface area (Å²) in [5.74, 6) is -1.57. The fourth-order valence-corrected chi connectivity index (χ4v) is 3.22. The van der Waals surface area contributed by atoms with Crippen LogP contribution in [0.15, 0.2) is 24.3 Å². The van der Waals surface area contributed by atoms with E-state index in [-0.39, 0.29) is 30.2 Å². The summed E-state index contributed by atoms with van der Waals surface area (Å²) in [5.41, 5.74) is 1.52. The molecule has 1 aromatic heterocycles. The lowest BCUT2D eigenvalue weighted by atomic mass is 9.98. The van der Waals surface area contributed by atoms with Crippen LogP contribution in [0, 0.1) is 6.92 Å². The molecule has 0 spiro atoms. The summed E-state index contributed by atoms with van der Waals surface area (Å²) in [6.07, 6.45) is -0.134. The Morgan fingerprint density at radius 1 is 1.11 bits per heavy atom. The molecule has 0 aliphatic rings. The Bertz CT molecular complexity index is 851. The van der Waals surface area contributed by atoms with Crippen LogP contribution >= 0.6 is 11.3 Å². The summed E-state index contributed by atoms with van der Waals surface area (Å²) >= 11 is 1.38. The third kappa shape index (κ3) is 5.62. The number of carbonyl (C=O) groups excluding carboxylic acids is 2. The minimum absolute atomic E-state index is 0.0629. The van der Waals surface area contributed by atoms with Gasteiger partial charge in [0, 0.05) is 23.2 Å². The number of thiazole rings is 1. The highest BCUT2D eigenvalue weighted by atomic mass is 32.1. The predicted octanol–water partition coefficient (Wildman–Crippen LogP) is 3.21. The lowest BCUT2D eigenvalue weighted by Crippen LogP contribution is -2.25. The second-order valence-corrected chi connectivity index (χ2v) is 8.11. The molecule has 0 bridgehead atoms. The molecule has 0 saturated carbocycles. The van der Waals surface area contributed by atoms with E-state index in [1.54, 1.807) is 24.3 Å². The molecule has 3 N–H and O–H groups in total. The van der Waals surface area contributed by atoms with Crippen LogP contribution in [-0.2, 0) is 10.2 Å². The number of nitrogens with zero attached hydrogens (tertiary/aromatic N) is 1. The second kappa shape index (κ2) is 8.30. The molecule has 27 heavy (non-hydrogen) atoms. The first-order valence-electron chi connectivity index (χ1n) is 8.47. The van der Waals surface area contributed by atoms with Gasteiger partial charge in [-0.05, 0) is 31.2 Å². The lowest BCUT2D eigenvalue weighted by Gasteiger charge is -2.13. The summed E-state index contributed by atoms with van der Waals surface area (Å²) < 4.78 is 0. The van der Waals surface area contributed by atoms with Crippen LogP contribution in [0.5, 0.6) is 0 Å². The highest BCUT2D eigenvalue weighted by Crippen LogP contribution is 2.29. The molecule has 1 aromatic carbocycles. The standard InChI is InChI=1S/C19H23N3O4S/c1-11-15(27-18(21-11)19(2,3)4)17(26)22-13-7-5-12(6-8-13)16(25)20-10-9-14(23)24/h5-8H,9-10H2,1-4H3,(H,20,25)(H,22,26)(H,23,24). The number of benzene rings is 1. The largest absolute Gasteiger partial charge is 0.481 e. The summed E-state index contributed by atoms with van der Waals surface area (Å²) in [7, 11) is 0. The van der Waals surface area contributed by atoms with Crippen LogP contribution in [0.4, 0.5) is 5.69 Å². The zero-order chi connectivity index (χ0) is 20.2. The number of carboxylic acids is 1. The molecule has 0 aliphatic heterocycles. The Morgan fingerprint density at radius 3 is 2.26 bits per heavy atom. The predicted molar refractivity (Wildman–Crippen MR) is 105 cm³/mol. The third-order valence-electron chi connectivity index (χ3n) is 3.67. The zero-order valence-corrected chi connectivity index (χ0v) is 16.6. The van der Waals surface area contributed by atoms with Crippen molar-refractivity contribution in [3.05, 3.63) is 45.4 Å². The van der Waals surface area contributed by atoms with Crippen molar-refractivity contribution in [1.82, 2.24) is 10.3 Å². The molecule has 1 heterocycles. The molecule has 144 valence electrons. The van der Waals surface area contributed by atoms with E-state index in [4.69, 9.17) is 5.11 Å². The Hall–Kier alpha value is -2.74. The van der Waals surface area contributed by atoms with Crippen molar-refractivity contribution >= 4 is 34.8 Å². The van der Waals surface area contributed by atoms with Crippen LogP contribution in [-0.4, -0.2) is 34.4 Å². The minimum atomic E-state index is -0.971. The first-order chi connectivity index (χ1) is 12.6. The van der Waals surface area contributed by atoms with E-state index in [9.17, 15) is 14.4 Å². The monoisotopic (exact) mass is 389 g/mol. The maximum absolute atomic E-state index is 12.5. The summed E-state index contributed by atoms with van der Waals surface area (Å²) in [6.45, 7) is 8.02. The number of carbonyl (C=O) groups is 3. The maximum Gasteiger partial charge on any atom is 0.305 e. The smallest absolute Gasteiger partial charge is 0.305 e. The number of aliphatic carboxylic acids is 1. The van der Waals surface area contributed by atoms with Crippen molar-refractivity contribution in [1.29, 1.82) is 0 Å². The van der Waals surface area contributed by atoms with Gasteiger partial charge in [-0.1, -0.05) is 20.8 Å². The van der Waals surface area contributed by atoms with E-state index < -0.39 is 5.97 Å². The van der Waals surface area contributed by atoms with E-state index in [2.05, 4.69) is 15.6 Å². The number of aromatic nitrogens is 1. The summed E-state index contributed by atoms with van der Waals surface area (Å²) in [4.78, 5) is 40.0. The normalized spacial score (nSPS) is 11.1. The van der Waals surface area contributed by atoms with Gasteiger partial charge < -0.3 is 15.7 Å². The zero-order valence-electron chi connectivity index (χ0n) is 15.8. The second-order valence-electron chi connectivity index (χ2n) is 7.11. The minimum Gasteiger partial charge on any atom is -0.481 e. The highest BCUT2D eigenvalue weighted by molar-refractivity contribution is 7.14. The molecular formula is C19H23N3O4S. The van der Waals surface area contributed by atoms with Gasteiger partial charge in [0.1, 0.15) is 4.88 Å². The van der Waals surface area contributed by atoms with Crippen LogP contribution in [0.25, 0.3) is 0 Å². The number of anilines is 1. The molecule has 0 radical (unpaired) electrons. The first-order valence-corrected chi connectivity index (χ1v) is 9.29. The fraction of sp³-hybridized carbons (Fsp3) is 0.368. The van der Waals surface area contributed by atoms with Crippen molar-refractivity contribution in [2.45, 2.75) is 39.5 Å². The lowest BCUT2D eigenvalue weighted by molar-refractivity contribution is -0.136. The number of carboxylic acid groups (broad SMARTS) is 1. The van der Waals surface area contributed by atoms with E-state index in [0.29, 0.717) is 21.8 Å². The molecule has 0 atom stereocenters. The van der Waals surface area contributed by atoms with E-state index >= 15 is 0 Å². The summed E-state index contributed by atoms with van der Waals surface area (Å²) in [5, 5.41) is 14.8. The number of amides is 2. The molecular weight excluding hydrogens is 366 g/mol. The van der Waals surface area contributed by atoms with Crippen molar-refractivity contribution < 1.29 is 19.5 Å². The van der Waals surface area contributed by atoms with Crippen molar-refractivity contribution in [2.75, 3.05) is 11.9 Å². The van der Waals surface area contributed by atoms with E-state index in [1.807, 2.05) is 27.7 Å². The average molecular weight is 389 g/mol. The maximum atomic E-state index is 12.5. The van der Waals surface area contributed by atoms with Gasteiger partial charge in [0.2, 0.25) is 0 Å². The van der Waals surface area contributed by atoms with Crippen LogP contribution in [0.1, 0.15) is 57.9 Å². The van der Waals surface area contributed by atoms with Gasteiger partial charge in [-0.3, -0.25) is 14.4 Å². The Balaban J connectivity index is 2.02. The molecule has 0 unspecified atom stereocenters. The van der Waals surface area contributed by atoms with Gasteiger partial charge in [-0.25, -0.2) is 4.98 Å². The summed E-state index contributed by atoms with van der Waals surface area (Å²) in [6, 6.07) is 6.41. The van der Waals surface area contributed by atoms with Crippen molar-refractivity contribution in [3.8, 4) is 0 Å². The van der Waals surface area contributed by atoms with Crippen molar-refractivity contribution in [3.63, 3.8) is 0 Å². The molecule has 0 aliphatic carbocycles. The Kier molecular flexibility index (Phi) is 6.32. The van der Waals surface area contributed by atoms with E-state index in [1.165, 1.54) is 11.3 Å². The highest BCUT2D eigenvalue weighted by Gasteiger charge is 2.23. The van der Waals surface area contributed by atoms with Crippen molar-refractivity contribution in [2.24, 2.45) is 0 Å². The van der Waals surface area contributed by atoms with Crippen LogP contribution in [0.2, 0.25) is 0 Å². The van der Waals surface area contributed by atoms with Gasteiger partial charge in [0.25, 0.3) is 11.8 Å². The number of aryl methyl sites for hydroxylation is 1. The van der Waals surface area contributed by atoms with Crippen LogP contribution in [0.3, 0.4) is 0 Å². The third-order valence-corrected chi connectivity index (χ3v) is 5.26. The molecule has 2 aromatic rings. The molecule has 0 saturated heterocycles. The average Bonchev–Trinajstić information content (AvgIpc) is 2.97. The van der Waals surface area contributed by atoms with E-state index in [0.717, 1.165) is 5.01 Å². The first kappa shape index (κ1) is 20.6. The number of hydrogen-bond acceptors (Lipinski definition) is 5. The number of hydrogen-bond donors (Lipinski definition) is 3. The Labute approximate surface area is 161 Å². The van der Waals surface area contributed by atoms with Gasteiger partial charge >= 0.3 is 5.97 Å². The molecule has 7 nitrogen and oxygen atoms in total. The molecule has 8 heteroatoms. The fourth-order valence-electron chi connectivity index (χ4n) is 2.21. The molecule has 2 rings (SSSR count). The SMILES string of the molecule is Cc1nc(C(C)(C)C)sc1C(=O)Nc1ccc(C(=O)NCCC(=O)O)cc1. The molecule has 2 amide bonds. The molecule has 0 fully saturated rings. The van der Waals surface area contributed by atoms with Gasteiger partial charge in [0.15, 0.2) is 0 Å². The van der Waals surface area contributed by atoms with Crippen LogP contribution < -0.4 is 10.6 Å². The van der Waals surface area contributed by atoms with Gasteiger partial charge in [-0.2, -0.15) is 0 Å². The topological polar surface area (TPSA) is 108 Å². The number of nitrogens with one attached hydrogen (secondary N) is 2. The Morgan fingerprint density at radius 2 is 1.74 bits per heavy atom. The quantitative estimate of drug-likeness (QED) is 0.703.